The number of carbonyl (C=O) groups excluding carboxylic acids is 1. The van der Waals surface area contributed by atoms with Gasteiger partial charge in [-0.25, -0.2) is 4.79 Å². The number of hydrogen-bond acceptors (Lipinski definition) is 3. The zero-order chi connectivity index (χ0) is 14.0. The van der Waals surface area contributed by atoms with E-state index in [4.69, 9.17) is 33.7 Å². The van der Waals surface area contributed by atoms with Crippen molar-refractivity contribution in [3.8, 4) is 5.75 Å². The Morgan fingerprint density at radius 2 is 1.84 bits per heavy atom. The highest BCUT2D eigenvalue weighted by Gasteiger charge is 2.17. The Morgan fingerprint density at radius 1 is 1.16 bits per heavy atom. The smallest absolute Gasteiger partial charge is 0.345 e. The monoisotopic (exact) mass is 295 g/mol. The van der Waals surface area contributed by atoms with Gasteiger partial charge in [-0.05, 0) is 30.7 Å². The molecule has 0 saturated heterocycles. The number of esters is 1. The summed E-state index contributed by atoms with van der Waals surface area (Å²) in [4.78, 5) is 12.0. The summed E-state index contributed by atoms with van der Waals surface area (Å²) < 4.78 is 5.24. The number of nitrogens with two attached hydrogens (primary N) is 1. The molecular weight excluding hydrogens is 285 g/mol. The van der Waals surface area contributed by atoms with Crippen LogP contribution in [0.3, 0.4) is 0 Å². The number of benzene rings is 2. The van der Waals surface area contributed by atoms with E-state index in [1.54, 1.807) is 43.3 Å². The van der Waals surface area contributed by atoms with Crippen LogP contribution in [0.25, 0.3) is 0 Å². The van der Waals surface area contributed by atoms with Crippen molar-refractivity contribution in [1.29, 1.82) is 0 Å². The van der Waals surface area contributed by atoms with Crippen LogP contribution in [-0.4, -0.2) is 5.97 Å². The molecule has 0 aromatic heterocycles. The topological polar surface area (TPSA) is 52.3 Å². The molecule has 0 aliphatic carbocycles. The molecule has 0 heterocycles. The third kappa shape index (κ3) is 2.83. The van der Waals surface area contributed by atoms with Crippen LogP contribution in [0.5, 0.6) is 5.75 Å². The van der Waals surface area contributed by atoms with Gasteiger partial charge in [-0.2, -0.15) is 0 Å². The van der Waals surface area contributed by atoms with Crippen LogP contribution < -0.4 is 10.5 Å². The molecule has 0 aliphatic heterocycles. The van der Waals surface area contributed by atoms with Gasteiger partial charge in [-0.1, -0.05) is 41.4 Å². The second kappa shape index (κ2) is 5.51. The van der Waals surface area contributed by atoms with Crippen molar-refractivity contribution in [2.45, 2.75) is 6.92 Å². The second-order valence-electron chi connectivity index (χ2n) is 3.98. The molecule has 19 heavy (non-hydrogen) atoms. The van der Waals surface area contributed by atoms with Crippen LogP contribution >= 0.6 is 23.2 Å². The van der Waals surface area contributed by atoms with E-state index in [1.165, 1.54) is 0 Å². The van der Waals surface area contributed by atoms with Crippen LogP contribution in [0.4, 0.5) is 5.69 Å². The summed E-state index contributed by atoms with van der Waals surface area (Å²) in [5.41, 5.74) is 7.10. The molecule has 0 radical (unpaired) electrons. The molecule has 0 amide bonds. The predicted molar refractivity (Wildman–Crippen MR) is 77.0 cm³/mol. The van der Waals surface area contributed by atoms with E-state index < -0.39 is 5.97 Å². The first-order valence-corrected chi connectivity index (χ1v) is 6.27. The van der Waals surface area contributed by atoms with E-state index in [-0.39, 0.29) is 16.3 Å². The van der Waals surface area contributed by atoms with E-state index in [9.17, 15) is 4.79 Å². The van der Waals surface area contributed by atoms with E-state index in [2.05, 4.69) is 0 Å². The molecule has 2 aromatic rings. The van der Waals surface area contributed by atoms with E-state index in [0.717, 1.165) is 5.56 Å². The summed E-state index contributed by atoms with van der Waals surface area (Å²) in [6, 6.07) is 10.0. The molecule has 3 nitrogen and oxygen atoms in total. The summed E-state index contributed by atoms with van der Waals surface area (Å²) in [6.07, 6.45) is 0. The number of hydrogen-bond donors (Lipinski definition) is 1. The fourth-order valence-corrected chi connectivity index (χ4v) is 2.00. The lowest BCUT2D eigenvalue weighted by atomic mass is 10.2. The standard InChI is InChI=1S/C14H11Cl2NO2/c1-8-6-7-10(15)13(12(8)16)19-14(18)9-4-2-3-5-11(9)17/h2-7H,17H2,1H3. The quantitative estimate of drug-likeness (QED) is 0.515. The van der Waals surface area contributed by atoms with Crippen molar-refractivity contribution in [3.05, 3.63) is 57.6 Å². The van der Waals surface area contributed by atoms with Gasteiger partial charge < -0.3 is 10.5 Å². The number of nitrogen functional groups attached to an aromatic ring is 1. The number of ether oxygens (including phenoxy) is 1. The maximum Gasteiger partial charge on any atom is 0.345 e. The Labute approximate surface area is 120 Å². The van der Waals surface area contributed by atoms with Gasteiger partial charge in [0, 0.05) is 5.69 Å². The van der Waals surface area contributed by atoms with Gasteiger partial charge in [0.15, 0.2) is 5.75 Å². The number of carbonyl (C=O) groups is 1. The molecule has 0 unspecified atom stereocenters. The zero-order valence-corrected chi connectivity index (χ0v) is 11.6. The Morgan fingerprint density at radius 3 is 2.53 bits per heavy atom. The summed E-state index contributed by atoms with van der Waals surface area (Å²) >= 11 is 12.1. The van der Waals surface area contributed by atoms with Gasteiger partial charge in [0.05, 0.1) is 15.6 Å². The van der Waals surface area contributed by atoms with Crippen LogP contribution in [0.1, 0.15) is 15.9 Å². The van der Waals surface area contributed by atoms with Crippen molar-refractivity contribution in [2.24, 2.45) is 0 Å². The largest absolute Gasteiger partial charge is 0.420 e. The fraction of sp³-hybridized carbons (Fsp3) is 0.0714. The maximum atomic E-state index is 12.0. The van der Waals surface area contributed by atoms with Gasteiger partial charge in [0.2, 0.25) is 0 Å². The lowest BCUT2D eigenvalue weighted by Crippen LogP contribution is -2.11. The van der Waals surface area contributed by atoms with Gasteiger partial charge in [-0.15, -0.1) is 0 Å². The molecule has 0 bridgehead atoms. The minimum absolute atomic E-state index is 0.150. The van der Waals surface area contributed by atoms with E-state index in [0.29, 0.717) is 10.7 Å². The molecular formula is C14H11Cl2NO2. The van der Waals surface area contributed by atoms with Crippen LogP contribution in [-0.2, 0) is 0 Å². The number of aryl methyl sites for hydroxylation is 1. The summed E-state index contributed by atoms with van der Waals surface area (Å²) in [5.74, 6) is -0.441. The first-order valence-electron chi connectivity index (χ1n) is 5.52. The minimum Gasteiger partial charge on any atom is -0.420 e. The molecule has 0 fully saturated rings. The van der Waals surface area contributed by atoms with Gasteiger partial charge >= 0.3 is 5.97 Å². The molecule has 2 N–H and O–H groups in total. The normalized spacial score (nSPS) is 10.3. The number of anilines is 1. The first-order chi connectivity index (χ1) is 9.00. The Hall–Kier alpha value is -1.71. The second-order valence-corrected chi connectivity index (χ2v) is 4.77. The molecule has 5 heteroatoms. The SMILES string of the molecule is Cc1ccc(Cl)c(OC(=O)c2ccccc2N)c1Cl. The number of halogens is 2. The summed E-state index contributed by atoms with van der Waals surface area (Å²) in [7, 11) is 0. The highest BCUT2D eigenvalue weighted by Crippen LogP contribution is 2.35. The van der Waals surface area contributed by atoms with Gasteiger partial charge in [0.25, 0.3) is 0 Å². The highest BCUT2D eigenvalue weighted by molar-refractivity contribution is 6.37. The molecule has 2 rings (SSSR count). The average molecular weight is 296 g/mol. The molecule has 0 spiro atoms. The van der Waals surface area contributed by atoms with Gasteiger partial charge in [0.1, 0.15) is 0 Å². The first kappa shape index (κ1) is 13.7. The van der Waals surface area contributed by atoms with Crippen molar-refractivity contribution >= 4 is 34.9 Å². The Bertz CT molecular complexity index is 641. The fourth-order valence-electron chi connectivity index (χ4n) is 1.56. The third-order valence-electron chi connectivity index (χ3n) is 2.62. The lowest BCUT2D eigenvalue weighted by molar-refractivity contribution is 0.0736. The lowest BCUT2D eigenvalue weighted by Gasteiger charge is -2.10. The molecule has 98 valence electrons. The molecule has 0 saturated carbocycles. The third-order valence-corrected chi connectivity index (χ3v) is 3.38. The predicted octanol–water partition coefficient (Wildman–Crippen LogP) is 4.10. The van der Waals surface area contributed by atoms with Crippen LogP contribution in [0, 0.1) is 6.92 Å². The Kier molecular flexibility index (Phi) is 3.98. The maximum absolute atomic E-state index is 12.0. The van der Waals surface area contributed by atoms with Crippen molar-refractivity contribution in [1.82, 2.24) is 0 Å². The highest BCUT2D eigenvalue weighted by atomic mass is 35.5. The van der Waals surface area contributed by atoms with Crippen LogP contribution in [0.15, 0.2) is 36.4 Å². The van der Waals surface area contributed by atoms with Crippen LogP contribution in [0.2, 0.25) is 10.0 Å². The number of rotatable bonds is 2. The molecule has 0 aliphatic rings. The van der Waals surface area contributed by atoms with E-state index in [1.807, 2.05) is 0 Å². The van der Waals surface area contributed by atoms with Crippen molar-refractivity contribution in [3.63, 3.8) is 0 Å². The average Bonchev–Trinajstić information content (AvgIpc) is 2.39. The summed E-state index contributed by atoms with van der Waals surface area (Å²) in [6.45, 7) is 1.80. The van der Waals surface area contributed by atoms with Crippen molar-refractivity contribution < 1.29 is 9.53 Å². The van der Waals surface area contributed by atoms with Gasteiger partial charge in [-0.3, -0.25) is 0 Å². The molecule has 0 atom stereocenters. The zero-order valence-electron chi connectivity index (χ0n) is 10.1. The van der Waals surface area contributed by atoms with E-state index >= 15 is 0 Å². The molecule has 2 aromatic carbocycles. The minimum atomic E-state index is -0.590. The summed E-state index contributed by atoms with van der Waals surface area (Å²) in [5, 5.41) is 0.591. The number of para-hydroxylation sites is 1. The Balaban J connectivity index is 2.35. The van der Waals surface area contributed by atoms with Crippen molar-refractivity contribution in [2.75, 3.05) is 5.73 Å².